The molecule has 0 spiro atoms. The normalized spacial score (nSPS) is 10.2. The Morgan fingerprint density at radius 1 is 1.00 bits per heavy atom. The van der Waals surface area contributed by atoms with Gasteiger partial charge in [-0.3, -0.25) is 0 Å². The van der Waals surface area contributed by atoms with Crippen molar-refractivity contribution < 1.29 is 19.2 Å². The quantitative estimate of drug-likeness (QED) is 0.794. The summed E-state index contributed by atoms with van der Waals surface area (Å²) in [7, 11) is -1.48. The zero-order chi connectivity index (χ0) is 13.0. The van der Waals surface area contributed by atoms with Crippen LogP contribution in [0.4, 0.5) is 4.39 Å². The standard InChI is InChI=1S/C13H12BFO3/c15-12-3-1-2-4-13(12)18-9-10-5-7-11(8-6-10)14(16)17/h1-8,16-17H,9H2. The van der Waals surface area contributed by atoms with Gasteiger partial charge in [0.2, 0.25) is 0 Å². The Kier molecular flexibility index (Phi) is 3.97. The van der Waals surface area contributed by atoms with Gasteiger partial charge in [0.1, 0.15) is 6.61 Å². The molecule has 0 bridgehead atoms. The van der Waals surface area contributed by atoms with Crippen LogP contribution in [-0.4, -0.2) is 17.2 Å². The molecular formula is C13H12BFO3. The van der Waals surface area contributed by atoms with Crippen molar-refractivity contribution in [2.24, 2.45) is 0 Å². The molecule has 5 heteroatoms. The fraction of sp³-hybridized carbons (Fsp3) is 0.0769. The molecule has 0 saturated heterocycles. The SMILES string of the molecule is OB(O)c1ccc(COc2ccccc2F)cc1. The molecule has 0 aliphatic rings. The Morgan fingerprint density at radius 2 is 1.67 bits per heavy atom. The Hall–Kier alpha value is -1.85. The third kappa shape index (κ3) is 3.09. The average Bonchev–Trinajstić information content (AvgIpc) is 2.38. The minimum atomic E-state index is -1.48. The van der Waals surface area contributed by atoms with E-state index in [9.17, 15) is 4.39 Å². The van der Waals surface area contributed by atoms with E-state index in [1.807, 2.05) is 0 Å². The fourth-order valence-electron chi connectivity index (χ4n) is 1.51. The molecule has 0 atom stereocenters. The van der Waals surface area contributed by atoms with Crippen LogP contribution in [0, 0.1) is 5.82 Å². The van der Waals surface area contributed by atoms with Gasteiger partial charge in [0, 0.05) is 0 Å². The summed E-state index contributed by atoms with van der Waals surface area (Å²) in [6, 6.07) is 12.8. The van der Waals surface area contributed by atoms with Crippen LogP contribution in [0.25, 0.3) is 0 Å². The minimum absolute atomic E-state index is 0.198. The van der Waals surface area contributed by atoms with E-state index in [1.54, 1.807) is 42.5 Å². The molecule has 2 aromatic carbocycles. The maximum absolute atomic E-state index is 13.3. The highest BCUT2D eigenvalue weighted by molar-refractivity contribution is 6.58. The molecule has 0 heterocycles. The number of rotatable bonds is 4. The Morgan fingerprint density at radius 3 is 2.28 bits per heavy atom. The first-order chi connectivity index (χ1) is 8.66. The summed E-state index contributed by atoms with van der Waals surface area (Å²) >= 11 is 0. The smallest absolute Gasteiger partial charge is 0.486 e. The van der Waals surface area contributed by atoms with Gasteiger partial charge in [0.05, 0.1) is 0 Å². The Bertz CT molecular complexity index is 514. The van der Waals surface area contributed by atoms with E-state index in [-0.39, 0.29) is 12.4 Å². The van der Waals surface area contributed by atoms with Gasteiger partial charge in [-0.15, -0.1) is 0 Å². The second kappa shape index (κ2) is 5.66. The monoisotopic (exact) mass is 246 g/mol. The fourth-order valence-corrected chi connectivity index (χ4v) is 1.51. The van der Waals surface area contributed by atoms with Crippen LogP contribution >= 0.6 is 0 Å². The van der Waals surface area contributed by atoms with Gasteiger partial charge in [-0.2, -0.15) is 0 Å². The summed E-state index contributed by atoms with van der Waals surface area (Å²) < 4.78 is 18.6. The summed E-state index contributed by atoms with van der Waals surface area (Å²) in [4.78, 5) is 0. The van der Waals surface area contributed by atoms with Gasteiger partial charge in [-0.05, 0) is 23.2 Å². The minimum Gasteiger partial charge on any atom is -0.486 e. The van der Waals surface area contributed by atoms with Crippen LogP contribution in [0.15, 0.2) is 48.5 Å². The predicted molar refractivity (Wildman–Crippen MR) is 67.0 cm³/mol. The summed E-state index contributed by atoms with van der Waals surface area (Å²) in [5.74, 6) is -0.205. The lowest BCUT2D eigenvalue weighted by Crippen LogP contribution is -2.29. The lowest BCUT2D eigenvalue weighted by atomic mass is 9.80. The number of ether oxygens (including phenoxy) is 1. The van der Waals surface area contributed by atoms with Gasteiger partial charge in [0.15, 0.2) is 11.6 Å². The molecule has 0 aliphatic carbocycles. The van der Waals surface area contributed by atoms with Crippen molar-refractivity contribution in [1.29, 1.82) is 0 Å². The van der Waals surface area contributed by atoms with E-state index in [0.717, 1.165) is 5.56 Å². The number of halogens is 1. The van der Waals surface area contributed by atoms with Crippen molar-refractivity contribution in [3.63, 3.8) is 0 Å². The third-order valence-electron chi connectivity index (χ3n) is 2.51. The van der Waals surface area contributed by atoms with E-state index < -0.39 is 12.9 Å². The molecule has 0 aliphatic heterocycles. The van der Waals surface area contributed by atoms with Crippen LogP contribution in [0.2, 0.25) is 0 Å². The average molecular weight is 246 g/mol. The van der Waals surface area contributed by atoms with Crippen molar-refractivity contribution in [3.05, 3.63) is 59.9 Å². The highest BCUT2D eigenvalue weighted by Crippen LogP contribution is 2.16. The van der Waals surface area contributed by atoms with Crippen LogP contribution in [0.1, 0.15) is 5.56 Å². The zero-order valence-electron chi connectivity index (χ0n) is 9.58. The Balaban J connectivity index is 2.00. The van der Waals surface area contributed by atoms with Crippen LogP contribution < -0.4 is 10.2 Å². The highest BCUT2D eigenvalue weighted by atomic mass is 19.1. The Labute approximate surface area is 105 Å². The number of benzene rings is 2. The third-order valence-corrected chi connectivity index (χ3v) is 2.51. The van der Waals surface area contributed by atoms with E-state index in [1.165, 1.54) is 6.07 Å². The first-order valence-electron chi connectivity index (χ1n) is 5.49. The molecular weight excluding hydrogens is 234 g/mol. The first kappa shape index (κ1) is 12.6. The predicted octanol–water partition coefficient (Wildman–Crippen LogP) is 1.08. The van der Waals surface area contributed by atoms with E-state index in [2.05, 4.69) is 0 Å². The summed E-state index contributed by atoms with van der Waals surface area (Å²) in [6.07, 6.45) is 0. The van der Waals surface area contributed by atoms with Crippen molar-refractivity contribution in [1.82, 2.24) is 0 Å². The summed E-state index contributed by atoms with van der Waals surface area (Å²) in [5, 5.41) is 17.9. The van der Waals surface area contributed by atoms with E-state index in [0.29, 0.717) is 5.46 Å². The zero-order valence-corrected chi connectivity index (χ0v) is 9.58. The molecule has 0 radical (unpaired) electrons. The van der Waals surface area contributed by atoms with Crippen molar-refractivity contribution in [2.45, 2.75) is 6.61 Å². The molecule has 0 aromatic heterocycles. The van der Waals surface area contributed by atoms with Gasteiger partial charge in [-0.1, -0.05) is 36.4 Å². The topological polar surface area (TPSA) is 49.7 Å². The molecule has 0 amide bonds. The lowest BCUT2D eigenvalue weighted by Gasteiger charge is -2.07. The van der Waals surface area contributed by atoms with Gasteiger partial charge >= 0.3 is 7.12 Å². The number of hydrogen-bond acceptors (Lipinski definition) is 3. The second-order valence-electron chi connectivity index (χ2n) is 3.83. The van der Waals surface area contributed by atoms with E-state index in [4.69, 9.17) is 14.8 Å². The van der Waals surface area contributed by atoms with Crippen LogP contribution in [0.3, 0.4) is 0 Å². The lowest BCUT2D eigenvalue weighted by molar-refractivity contribution is 0.290. The van der Waals surface area contributed by atoms with E-state index >= 15 is 0 Å². The maximum atomic E-state index is 13.3. The van der Waals surface area contributed by atoms with Crippen LogP contribution in [-0.2, 0) is 6.61 Å². The molecule has 0 unspecified atom stereocenters. The van der Waals surface area contributed by atoms with Crippen LogP contribution in [0.5, 0.6) is 5.75 Å². The summed E-state index contributed by atoms with van der Waals surface area (Å²) in [6.45, 7) is 0.225. The first-order valence-corrected chi connectivity index (χ1v) is 5.49. The number of para-hydroxylation sites is 1. The summed E-state index contributed by atoms with van der Waals surface area (Å²) in [5.41, 5.74) is 1.23. The molecule has 0 saturated carbocycles. The maximum Gasteiger partial charge on any atom is 0.488 e. The number of hydrogen-bond donors (Lipinski definition) is 2. The largest absolute Gasteiger partial charge is 0.488 e. The van der Waals surface area contributed by atoms with Crippen molar-refractivity contribution in [2.75, 3.05) is 0 Å². The van der Waals surface area contributed by atoms with Gasteiger partial charge in [0.25, 0.3) is 0 Å². The van der Waals surface area contributed by atoms with Crippen molar-refractivity contribution in [3.8, 4) is 5.75 Å². The molecule has 18 heavy (non-hydrogen) atoms. The molecule has 92 valence electrons. The molecule has 0 fully saturated rings. The highest BCUT2D eigenvalue weighted by Gasteiger charge is 2.09. The van der Waals surface area contributed by atoms with Gasteiger partial charge in [-0.25, -0.2) is 4.39 Å². The molecule has 2 aromatic rings. The molecule has 2 rings (SSSR count). The molecule has 3 nitrogen and oxygen atoms in total. The van der Waals surface area contributed by atoms with Crippen molar-refractivity contribution >= 4 is 12.6 Å². The second-order valence-corrected chi connectivity index (χ2v) is 3.83. The molecule has 2 N–H and O–H groups in total. The van der Waals surface area contributed by atoms with Gasteiger partial charge < -0.3 is 14.8 Å².